The molecule has 0 aliphatic carbocycles. The van der Waals surface area contributed by atoms with Crippen molar-refractivity contribution in [1.29, 1.82) is 0 Å². The van der Waals surface area contributed by atoms with Gasteiger partial charge >= 0.3 is 0 Å². The van der Waals surface area contributed by atoms with Gasteiger partial charge in [0.05, 0.1) is 11.9 Å². The summed E-state index contributed by atoms with van der Waals surface area (Å²) < 4.78 is 5.40. The van der Waals surface area contributed by atoms with E-state index in [-0.39, 0.29) is 0 Å². The quantitative estimate of drug-likeness (QED) is 0.740. The molecule has 0 aromatic carbocycles. The van der Waals surface area contributed by atoms with Gasteiger partial charge in [-0.2, -0.15) is 5.10 Å². The number of anilines is 1. The predicted octanol–water partition coefficient (Wildman–Crippen LogP) is 2.88. The molecular weight excluding hydrogens is 324 g/mol. The van der Waals surface area contributed by atoms with Crippen LogP contribution in [-0.4, -0.2) is 38.4 Å². The van der Waals surface area contributed by atoms with E-state index in [1.165, 1.54) is 0 Å². The van der Waals surface area contributed by atoms with Crippen LogP contribution >= 0.6 is 11.3 Å². The summed E-state index contributed by atoms with van der Waals surface area (Å²) in [6.07, 6.45) is 2.80. The highest BCUT2D eigenvalue weighted by molar-refractivity contribution is 7.16. The predicted molar refractivity (Wildman–Crippen MR) is 93.3 cm³/mol. The Bertz CT molecular complexity index is 823. The summed E-state index contributed by atoms with van der Waals surface area (Å²) in [4.78, 5) is 14.8. The highest BCUT2D eigenvalue weighted by Crippen LogP contribution is 2.26. The molecule has 8 heteroatoms. The van der Waals surface area contributed by atoms with Gasteiger partial charge in [0.15, 0.2) is 5.82 Å². The topological polar surface area (TPSA) is 88.6 Å². The van der Waals surface area contributed by atoms with Gasteiger partial charge in [-0.25, -0.2) is 15.0 Å². The highest BCUT2D eigenvalue weighted by Gasteiger charge is 2.20. The van der Waals surface area contributed by atoms with Crippen molar-refractivity contribution in [3.8, 4) is 0 Å². The fraction of sp³-hybridized carbons (Fsp3) is 0.500. The molecule has 3 aromatic rings. The van der Waals surface area contributed by atoms with E-state index >= 15 is 0 Å². The molecule has 7 nitrogen and oxygen atoms in total. The summed E-state index contributed by atoms with van der Waals surface area (Å²) in [6, 6.07) is 2.05. The van der Waals surface area contributed by atoms with Gasteiger partial charge in [-0.15, -0.1) is 11.3 Å². The van der Waals surface area contributed by atoms with Gasteiger partial charge in [0.25, 0.3) is 0 Å². The van der Waals surface area contributed by atoms with Gasteiger partial charge in [0.2, 0.25) is 0 Å². The lowest BCUT2D eigenvalue weighted by Crippen LogP contribution is -2.15. The van der Waals surface area contributed by atoms with Gasteiger partial charge in [-0.1, -0.05) is 6.92 Å². The Morgan fingerprint density at radius 3 is 3.00 bits per heavy atom. The number of aryl methyl sites for hydroxylation is 1. The maximum absolute atomic E-state index is 5.40. The number of thiophene rings is 1. The molecule has 4 rings (SSSR count). The minimum absolute atomic E-state index is 0.401. The van der Waals surface area contributed by atoms with Gasteiger partial charge < -0.3 is 10.1 Å². The number of H-pyrrole nitrogens is 1. The van der Waals surface area contributed by atoms with Crippen molar-refractivity contribution in [1.82, 2.24) is 25.1 Å². The van der Waals surface area contributed by atoms with Crippen molar-refractivity contribution in [2.45, 2.75) is 38.6 Å². The maximum Gasteiger partial charge on any atom is 0.154 e. The number of aromatic nitrogens is 5. The van der Waals surface area contributed by atoms with Crippen molar-refractivity contribution in [3.05, 3.63) is 28.9 Å². The minimum Gasteiger partial charge on any atom is -0.381 e. The van der Waals surface area contributed by atoms with Crippen LogP contribution in [0.3, 0.4) is 0 Å². The molecule has 0 spiro atoms. The van der Waals surface area contributed by atoms with Crippen LogP contribution in [-0.2, 0) is 17.7 Å². The SMILES string of the molecule is CCc1nc(NCc2nc(C3CCOCC3)n[nH]2)c2ccsc2n1. The van der Waals surface area contributed by atoms with Crippen LogP contribution in [0.25, 0.3) is 10.2 Å². The number of fused-ring (bicyclic) bond motifs is 1. The van der Waals surface area contributed by atoms with E-state index in [0.29, 0.717) is 12.5 Å². The Labute approximate surface area is 143 Å². The zero-order valence-corrected chi connectivity index (χ0v) is 14.4. The number of nitrogens with one attached hydrogen (secondary N) is 2. The molecule has 0 unspecified atom stereocenters. The van der Waals surface area contributed by atoms with Crippen LogP contribution in [0.5, 0.6) is 0 Å². The third-order valence-electron chi connectivity index (χ3n) is 4.25. The molecule has 24 heavy (non-hydrogen) atoms. The van der Waals surface area contributed by atoms with E-state index in [0.717, 1.165) is 66.0 Å². The summed E-state index contributed by atoms with van der Waals surface area (Å²) in [5.74, 6) is 3.84. The maximum atomic E-state index is 5.40. The highest BCUT2D eigenvalue weighted by atomic mass is 32.1. The molecule has 0 radical (unpaired) electrons. The van der Waals surface area contributed by atoms with Gasteiger partial charge in [-0.05, 0) is 24.3 Å². The molecule has 4 heterocycles. The first-order valence-corrected chi connectivity index (χ1v) is 9.18. The van der Waals surface area contributed by atoms with Crippen LogP contribution in [0, 0.1) is 0 Å². The molecule has 3 aromatic heterocycles. The summed E-state index contributed by atoms with van der Waals surface area (Å²) >= 11 is 1.64. The monoisotopic (exact) mass is 344 g/mol. The molecule has 0 atom stereocenters. The molecule has 2 N–H and O–H groups in total. The second kappa shape index (κ2) is 6.82. The van der Waals surface area contributed by atoms with Crippen LogP contribution in [0.1, 0.15) is 43.2 Å². The minimum atomic E-state index is 0.401. The fourth-order valence-corrected chi connectivity index (χ4v) is 3.67. The van der Waals surface area contributed by atoms with Gasteiger partial charge in [-0.3, -0.25) is 5.10 Å². The first-order valence-electron chi connectivity index (χ1n) is 8.30. The smallest absolute Gasteiger partial charge is 0.154 e. The number of aromatic amines is 1. The summed E-state index contributed by atoms with van der Waals surface area (Å²) in [5, 5.41) is 13.9. The van der Waals surface area contributed by atoms with Crippen molar-refractivity contribution in [3.63, 3.8) is 0 Å². The third kappa shape index (κ3) is 3.11. The fourth-order valence-electron chi connectivity index (χ4n) is 2.89. The molecule has 126 valence electrons. The van der Waals surface area contributed by atoms with E-state index in [1.54, 1.807) is 11.3 Å². The Hall–Kier alpha value is -2.06. The van der Waals surface area contributed by atoms with Crippen LogP contribution in [0.4, 0.5) is 5.82 Å². The molecular formula is C16H20N6OS. The number of nitrogens with zero attached hydrogens (tertiary/aromatic N) is 4. The standard InChI is InChI=1S/C16H20N6OS/c1-2-12-18-15(11-5-8-24-16(11)20-12)17-9-13-19-14(22-21-13)10-3-6-23-7-4-10/h5,8,10H,2-4,6-7,9H2,1H3,(H,17,18,20)(H,19,21,22). The lowest BCUT2D eigenvalue weighted by molar-refractivity contribution is 0.0836. The molecule has 0 bridgehead atoms. The molecule has 1 fully saturated rings. The van der Waals surface area contributed by atoms with Crippen LogP contribution in [0.15, 0.2) is 11.4 Å². The third-order valence-corrected chi connectivity index (χ3v) is 5.05. The Morgan fingerprint density at radius 2 is 2.17 bits per heavy atom. The summed E-state index contributed by atoms with van der Waals surface area (Å²) in [7, 11) is 0. The zero-order chi connectivity index (χ0) is 16.4. The first kappa shape index (κ1) is 15.5. The van der Waals surface area contributed by atoms with E-state index in [1.807, 2.05) is 5.38 Å². The van der Waals surface area contributed by atoms with Crippen molar-refractivity contribution < 1.29 is 4.74 Å². The largest absolute Gasteiger partial charge is 0.381 e. The van der Waals surface area contributed by atoms with E-state index in [4.69, 9.17) is 4.74 Å². The van der Waals surface area contributed by atoms with Gasteiger partial charge in [0.1, 0.15) is 22.3 Å². The Balaban J connectivity index is 1.49. The number of hydrogen-bond acceptors (Lipinski definition) is 7. The van der Waals surface area contributed by atoms with Gasteiger partial charge in [0, 0.05) is 25.6 Å². The molecule has 1 aliphatic rings. The van der Waals surface area contributed by atoms with Crippen molar-refractivity contribution in [2.75, 3.05) is 18.5 Å². The second-order valence-corrected chi connectivity index (χ2v) is 6.76. The van der Waals surface area contributed by atoms with Crippen molar-refractivity contribution in [2.24, 2.45) is 0 Å². The lowest BCUT2D eigenvalue weighted by atomic mass is 10.00. The van der Waals surface area contributed by atoms with Crippen LogP contribution < -0.4 is 5.32 Å². The molecule has 1 saturated heterocycles. The Kier molecular flexibility index (Phi) is 4.40. The van der Waals surface area contributed by atoms with E-state index in [2.05, 4.69) is 43.5 Å². The number of ether oxygens (including phenoxy) is 1. The summed E-state index contributed by atoms with van der Waals surface area (Å²) in [5.41, 5.74) is 0. The average molecular weight is 344 g/mol. The van der Waals surface area contributed by atoms with E-state index < -0.39 is 0 Å². The second-order valence-electron chi connectivity index (χ2n) is 5.86. The lowest BCUT2D eigenvalue weighted by Gasteiger charge is -2.18. The van der Waals surface area contributed by atoms with Crippen molar-refractivity contribution >= 4 is 27.4 Å². The molecule has 0 saturated carbocycles. The van der Waals surface area contributed by atoms with Crippen LogP contribution in [0.2, 0.25) is 0 Å². The zero-order valence-electron chi connectivity index (χ0n) is 13.6. The molecule has 1 aliphatic heterocycles. The Morgan fingerprint density at radius 1 is 1.29 bits per heavy atom. The average Bonchev–Trinajstić information content (AvgIpc) is 3.29. The number of hydrogen-bond donors (Lipinski definition) is 2. The van der Waals surface area contributed by atoms with E-state index in [9.17, 15) is 0 Å². The number of rotatable bonds is 5. The summed E-state index contributed by atoms with van der Waals surface area (Å²) in [6.45, 7) is 4.23. The molecule has 0 amide bonds. The normalized spacial score (nSPS) is 15.9. The first-order chi connectivity index (χ1) is 11.8.